The number of carbonyl (C=O) groups excluding carboxylic acids is 2. The van der Waals surface area contributed by atoms with Crippen LogP contribution in [0, 0.1) is 0 Å². The summed E-state index contributed by atoms with van der Waals surface area (Å²) >= 11 is 0. The van der Waals surface area contributed by atoms with Crippen LogP contribution in [0.15, 0.2) is 48.5 Å². The quantitative estimate of drug-likeness (QED) is 0.682. The van der Waals surface area contributed by atoms with E-state index in [1.54, 1.807) is 47.4 Å². The monoisotopic (exact) mass is 391 g/mol. The number of carbonyl (C=O) groups is 2. The average molecular weight is 391 g/mol. The van der Waals surface area contributed by atoms with Crippen molar-refractivity contribution in [3.63, 3.8) is 0 Å². The van der Waals surface area contributed by atoms with Crippen LogP contribution in [0.3, 0.4) is 0 Å². The first kappa shape index (κ1) is 21.1. The Kier molecular flexibility index (Phi) is 7.74. The lowest BCUT2D eigenvalue weighted by Crippen LogP contribution is -2.30. The van der Waals surface area contributed by atoms with E-state index in [-0.39, 0.29) is 29.8 Å². The van der Waals surface area contributed by atoms with Gasteiger partial charge < -0.3 is 20.3 Å². The van der Waals surface area contributed by atoms with Gasteiger partial charge in [-0.05, 0) is 50.2 Å². The van der Waals surface area contributed by atoms with Crippen LogP contribution in [-0.2, 0) is 4.79 Å². The van der Waals surface area contributed by atoms with Crippen LogP contribution in [0.1, 0.15) is 24.2 Å². The van der Waals surface area contributed by atoms with Gasteiger partial charge in [-0.3, -0.25) is 9.59 Å². The predicted molar refractivity (Wildman–Crippen MR) is 104 cm³/mol. The van der Waals surface area contributed by atoms with E-state index in [1.165, 1.54) is 6.07 Å². The number of nitrogens with zero attached hydrogens (tertiary/aromatic N) is 1. The summed E-state index contributed by atoms with van der Waals surface area (Å²) in [6, 6.07) is 12.7. The Bertz CT molecular complexity index is 794. The smallest absolute Gasteiger partial charge is 0.387 e. The second-order valence-electron chi connectivity index (χ2n) is 5.83. The maximum Gasteiger partial charge on any atom is 0.387 e. The first-order valence-electron chi connectivity index (χ1n) is 8.91. The van der Waals surface area contributed by atoms with Gasteiger partial charge in [0.2, 0.25) is 5.91 Å². The zero-order valence-electron chi connectivity index (χ0n) is 15.7. The summed E-state index contributed by atoms with van der Waals surface area (Å²) in [5.41, 5.74) is 1.36. The van der Waals surface area contributed by atoms with Crippen LogP contribution >= 0.6 is 0 Å². The second kappa shape index (κ2) is 10.2. The molecule has 2 rings (SSSR count). The van der Waals surface area contributed by atoms with Crippen LogP contribution in [0.2, 0.25) is 0 Å². The number of alkyl halides is 2. The Balaban J connectivity index is 1.93. The highest BCUT2D eigenvalue weighted by atomic mass is 19.3. The summed E-state index contributed by atoms with van der Waals surface area (Å²) in [7, 11) is 0. The molecule has 0 unspecified atom stereocenters. The Morgan fingerprint density at radius 2 is 1.68 bits per heavy atom. The van der Waals surface area contributed by atoms with Crippen molar-refractivity contribution >= 4 is 23.2 Å². The van der Waals surface area contributed by atoms with Crippen molar-refractivity contribution in [2.45, 2.75) is 20.5 Å². The minimum Gasteiger partial charge on any atom is -0.433 e. The number of benzene rings is 2. The number of nitrogens with one attached hydrogen (secondary N) is 2. The average Bonchev–Trinajstić information content (AvgIpc) is 2.68. The lowest BCUT2D eigenvalue weighted by atomic mass is 10.1. The number of rotatable bonds is 9. The third-order valence-corrected chi connectivity index (χ3v) is 4.01. The largest absolute Gasteiger partial charge is 0.433 e. The molecule has 0 aliphatic rings. The Hall–Kier alpha value is -3.16. The van der Waals surface area contributed by atoms with Crippen LogP contribution in [0.25, 0.3) is 0 Å². The highest BCUT2D eigenvalue weighted by Crippen LogP contribution is 2.25. The van der Waals surface area contributed by atoms with Gasteiger partial charge in [0.25, 0.3) is 5.91 Å². The van der Waals surface area contributed by atoms with E-state index in [0.717, 1.165) is 0 Å². The Morgan fingerprint density at radius 3 is 2.29 bits per heavy atom. The van der Waals surface area contributed by atoms with Gasteiger partial charge >= 0.3 is 6.61 Å². The zero-order valence-corrected chi connectivity index (χ0v) is 15.7. The Morgan fingerprint density at radius 1 is 1.04 bits per heavy atom. The molecule has 6 nitrogen and oxygen atoms in total. The molecule has 0 spiro atoms. The van der Waals surface area contributed by atoms with Crippen molar-refractivity contribution in [1.82, 2.24) is 4.90 Å². The van der Waals surface area contributed by atoms with Crippen molar-refractivity contribution in [1.29, 1.82) is 0 Å². The lowest BCUT2D eigenvalue weighted by Gasteiger charge is -2.18. The van der Waals surface area contributed by atoms with Crippen LogP contribution < -0.4 is 15.4 Å². The van der Waals surface area contributed by atoms with Crippen LogP contribution in [-0.4, -0.2) is 43.0 Å². The van der Waals surface area contributed by atoms with E-state index in [4.69, 9.17) is 0 Å². The molecule has 150 valence electrons. The Labute approximate surface area is 162 Å². The fraction of sp³-hybridized carbons (Fsp3) is 0.300. The molecule has 2 aromatic rings. The number of hydrogen-bond acceptors (Lipinski definition) is 4. The fourth-order valence-corrected chi connectivity index (χ4v) is 2.58. The fourth-order valence-electron chi connectivity index (χ4n) is 2.58. The molecule has 0 aliphatic carbocycles. The van der Waals surface area contributed by atoms with Gasteiger partial charge in [0.1, 0.15) is 5.75 Å². The first-order chi connectivity index (χ1) is 13.4. The number of amides is 2. The van der Waals surface area contributed by atoms with Gasteiger partial charge in [0, 0.05) is 24.3 Å². The van der Waals surface area contributed by atoms with Crippen molar-refractivity contribution in [2.75, 3.05) is 30.3 Å². The maximum atomic E-state index is 12.4. The van der Waals surface area contributed by atoms with Gasteiger partial charge in [0.05, 0.1) is 12.2 Å². The first-order valence-corrected chi connectivity index (χ1v) is 8.91. The van der Waals surface area contributed by atoms with Crippen molar-refractivity contribution in [3.8, 4) is 5.75 Å². The van der Waals surface area contributed by atoms with Gasteiger partial charge in [-0.2, -0.15) is 8.78 Å². The van der Waals surface area contributed by atoms with Gasteiger partial charge in [-0.25, -0.2) is 0 Å². The normalized spacial score (nSPS) is 10.5. The van der Waals surface area contributed by atoms with E-state index in [2.05, 4.69) is 15.4 Å². The van der Waals surface area contributed by atoms with E-state index < -0.39 is 6.61 Å². The molecular weight excluding hydrogens is 368 g/mol. The molecule has 8 heteroatoms. The maximum absolute atomic E-state index is 12.4. The standard InChI is InChI=1S/C20H23F2N3O3/c1-3-25(4-2)19(27)14-9-11-15(12-10-14)24-18(26)13-23-16-7-5-6-8-17(16)28-20(21)22/h5-12,20,23H,3-4,13H2,1-2H3,(H,24,26). The summed E-state index contributed by atoms with van der Waals surface area (Å²) in [6.07, 6.45) is 0. The number of anilines is 2. The summed E-state index contributed by atoms with van der Waals surface area (Å²) in [4.78, 5) is 26.1. The van der Waals surface area contributed by atoms with Crippen LogP contribution in [0.5, 0.6) is 5.75 Å². The highest BCUT2D eigenvalue weighted by molar-refractivity contribution is 5.96. The number of halogens is 2. The highest BCUT2D eigenvalue weighted by Gasteiger charge is 2.13. The summed E-state index contributed by atoms with van der Waals surface area (Å²) in [5, 5.41) is 5.45. The summed E-state index contributed by atoms with van der Waals surface area (Å²) in [5.74, 6) is -0.473. The second-order valence-corrected chi connectivity index (χ2v) is 5.83. The molecular formula is C20H23F2N3O3. The lowest BCUT2D eigenvalue weighted by molar-refractivity contribution is -0.114. The van der Waals surface area contributed by atoms with E-state index in [1.807, 2.05) is 13.8 Å². The molecule has 0 saturated heterocycles. The molecule has 0 heterocycles. The van der Waals surface area contributed by atoms with Crippen molar-refractivity contribution in [2.24, 2.45) is 0 Å². The number of para-hydroxylation sites is 2. The zero-order chi connectivity index (χ0) is 20.5. The molecule has 2 aromatic carbocycles. The topological polar surface area (TPSA) is 70.7 Å². The van der Waals surface area contributed by atoms with E-state index >= 15 is 0 Å². The molecule has 0 aliphatic heterocycles. The molecule has 2 amide bonds. The predicted octanol–water partition coefficient (Wildman–Crippen LogP) is 3.82. The van der Waals surface area contributed by atoms with E-state index in [9.17, 15) is 18.4 Å². The number of hydrogen-bond donors (Lipinski definition) is 2. The molecule has 0 atom stereocenters. The van der Waals surface area contributed by atoms with Gasteiger partial charge in [-0.15, -0.1) is 0 Å². The third kappa shape index (κ3) is 5.94. The van der Waals surface area contributed by atoms with Gasteiger partial charge in [0.15, 0.2) is 0 Å². The van der Waals surface area contributed by atoms with E-state index in [0.29, 0.717) is 24.3 Å². The van der Waals surface area contributed by atoms with Crippen molar-refractivity contribution in [3.05, 3.63) is 54.1 Å². The molecule has 0 fully saturated rings. The SMILES string of the molecule is CCN(CC)C(=O)c1ccc(NC(=O)CNc2ccccc2OC(F)F)cc1. The molecule has 0 aromatic heterocycles. The summed E-state index contributed by atoms with van der Waals surface area (Å²) in [6.45, 7) is 1.98. The van der Waals surface area contributed by atoms with Gasteiger partial charge in [-0.1, -0.05) is 12.1 Å². The minimum absolute atomic E-state index is 0.0374. The van der Waals surface area contributed by atoms with Crippen LogP contribution in [0.4, 0.5) is 20.2 Å². The molecule has 0 bridgehead atoms. The minimum atomic E-state index is -2.95. The molecule has 0 radical (unpaired) electrons. The molecule has 0 saturated carbocycles. The van der Waals surface area contributed by atoms with Crippen molar-refractivity contribution < 1.29 is 23.1 Å². The number of ether oxygens (including phenoxy) is 1. The molecule has 2 N–H and O–H groups in total. The molecule has 28 heavy (non-hydrogen) atoms. The third-order valence-electron chi connectivity index (χ3n) is 4.01. The summed E-state index contributed by atoms with van der Waals surface area (Å²) < 4.78 is 29.2.